The highest BCUT2D eigenvalue weighted by atomic mass is 16.2. The van der Waals surface area contributed by atoms with Crippen molar-refractivity contribution in [3.63, 3.8) is 0 Å². The Morgan fingerprint density at radius 3 is 2.40 bits per heavy atom. The molecule has 5 nitrogen and oxygen atoms in total. The van der Waals surface area contributed by atoms with Crippen LogP contribution in [0.5, 0.6) is 0 Å². The zero-order valence-corrected chi connectivity index (χ0v) is 9.72. The van der Waals surface area contributed by atoms with E-state index in [9.17, 15) is 9.59 Å². The third-order valence-electron chi connectivity index (χ3n) is 2.10. The Morgan fingerprint density at radius 2 is 1.93 bits per heavy atom. The van der Waals surface area contributed by atoms with Crippen LogP contribution in [0.2, 0.25) is 0 Å². The molecule has 0 fully saturated rings. The Labute approximate surface area is 91.0 Å². The Balaban J connectivity index is 3.82. The molecule has 0 radical (unpaired) electrons. The van der Waals surface area contributed by atoms with Crippen molar-refractivity contribution in [2.75, 3.05) is 27.2 Å². The van der Waals surface area contributed by atoms with Crippen LogP contribution in [0.15, 0.2) is 0 Å². The Hall–Kier alpha value is -0.940. The monoisotopic (exact) mass is 215 g/mol. The summed E-state index contributed by atoms with van der Waals surface area (Å²) in [7, 11) is 3.63. The van der Waals surface area contributed by atoms with Gasteiger partial charge in [0.2, 0.25) is 5.91 Å². The minimum absolute atomic E-state index is 0.0339. The molecular formula is C10H21N3O2. The van der Waals surface area contributed by atoms with Crippen molar-refractivity contribution < 1.29 is 9.59 Å². The predicted molar refractivity (Wildman–Crippen MR) is 59.7 cm³/mol. The Morgan fingerprint density at radius 1 is 1.27 bits per heavy atom. The standard InChI is InChI=1S/C10H21N3O2/c1-8(14)7-13-10(15)9(12-3)5-4-6-11-2/h9,11-12H,4-7H2,1-3H3,(H,13,15). The fourth-order valence-electron chi connectivity index (χ4n) is 1.22. The molecule has 0 aliphatic carbocycles. The summed E-state index contributed by atoms with van der Waals surface area (Å²) in [6.45, 7) is 2.46. The molecule has 0 rings (SSSR count). The molecule has 0 bridgehead atoms. The minimum atomic E-state index is -0.210. The maximum absolute atomic E-state index is 11.5. The number of amides is 1. The van der Waals surface area contributed by atoms with Gasteiger partial charge in [-0.15, -0.1) is 0 Å². The van der Waals surface area contributed by atoms with Crippen molar-refractivity contribution >= 4 is 11.7 Å². The fraction of sp³-hybridized carbons (Fsp3) is 0.800. The van der Waals surface area contributed by atoms with Gasteiger partial charge in [0.05, 0.1) is 12.6 Å². The van der Waals surface area contributed by atoms with Gasteiger partial charge < -0.3 is 16.0 Å². The molecule has 1 amide bonds. The second-order valence-corrected chi connectivity index (χ2v) is 3.51. The van der Waals surface area contributed by atoms with E-state index in [2.05, 4.69) is 16.0 Å². The molecule has 3 N–H and O–H groups in total. The first kappa shape index (κ1) is 14.1. The summed E-state index contributed by atoms with van der Waals surface area (Å²) in [5.41, 5.74) is 0. The number of nitrogens with one attached hydrogen (secondary N) is 3. The molecule has 0 aliphatic rings. The molecule has 88 valence electrons. The second-order valence-electron chi connectivity index (χ2n) is 3.51. The first-order valence-electron chi connectivity index (χ1n) is 5.20. The number of ketones is 1. The summed E-state index contributed by atoms with van der Waals surface area (Å²) in [6.07, 6.45) is 1.69. The third kappa shape index (κ3) is 7.04. The molecule has 0 spiro atoms. The average molecular weight is 215 g/mol. The van der Waals surface area contributed by atoms with Gasteiger partial charge in [-0.1, -0.05) is 0 Å². The maximum Gasteiger partial charge on any atom is 0.237 e. The highest BCUT2D eigenvalue weighted by Crippen LogP contribution is 1.95. The van der Waals surface area contributed by atoms with Crippen LogP contribution < -0.4 is 16.0 Å². The number of hydrogen-bond donors (Lipinski definition) is 3. The summed E-state index contributed by atoms with van der Waals surface area (Å²) in [5.74, 6) is -0.141. The van der Waals surface area contributed by atoms with E-state index >= 15 is 0 Å². The number of likely N-dealkylation sites (N-methyl/N-ethyl adjacent to an activating group) is 1. The van der Waals surface area contributed by atoms with Crippen LogP contribution in [0.25, 0.3) is 0 Å². The molecule has 0 aromatic heterocycles. The highest BCUT2D eigenvalue weighted by Gasteiger charge is 2.15. The smallest absolute Gasteiger partial charge is 0.237 e. The minimum Gasteiger partial charge on any atom is -0.348 e. The lowest BCUT2D eigenvalue weighted by atomic mass is 10.1. The molecule has 1 atom stereocenters. The molecule has 5 heteroatoms. The van der Waals surface area contributed by atoms with Crippen LogP contribution in [-0.2, 0) is 9.59 Å². The van der Waals surface area contributed by atoms with Crippen LogP contribution >= 0.6 is 0 Å². The van der Waals surface area contributed by atoms with Gasteiger partial charge in [0, 0.05) is 0 Å². The molecule has 0 aromatic carbocycles. The molecule has 0 saturated heterocycles. The van der Waals surface area contributed by atoms with E-state index in [1.54, 1.807) is 7.05 Å². The van der Waals surface area contributed by atoms with Gasteiger partial charge in [-0.3, -0.25) is 9.59 Å². The van der Waals surface area contributed by atoms with Crippen LogP contribution in [0.3, 0.4) is 0 Å². The van der Waals surface area contributed by atoms with Gasteiger partial charge in [-0.2, -0.15) is 0 Å². The summed E-state index contributed by atoms with van der Waals surface area (Å²) < 4.78 is 0. The molecule has 1 unspecified atom stereocenters. The number of carbonyl (C=O) groups excluding carboxylic acids is 2. The number of carbonyl (C=O) groups is 2. The van der Waals surface area contributed by atoms with E-state index in [1.807, 2.05) is 7.05 Å². The van der Waals surface area contributed by atoms with Gasteiger partial charge in [-0.25, -0.2) is 0 Å². The summed E-state index contributed by atoms with van der Waals surface area (Å²) in [6, 6.07) is -0.210. The van der Waals surface area contributed by atoms with Gasteiger partial charge in [0.15, 0.2) is 0 Å². The van der Waals surface area contributed by atoms with E-state index in [-0.39, 0.29) is 24.3 Å². The first-order valence-corrected chi connectivity index (χ1v) is 5.20. The molecule has 0 aromatic rings. The number of hydrogen-bond acceptors (Lipinski definition) is 4. The van der Waals surface area contributed by atoms with Gasteiger partial charge in [-0.05, 0) is 40.4 Å². The van der Waals surface area contributed by atoms with Crippen molar-refractivity contribution in [3.05, 3.63) is 0 Å². The Kier molecular flexibility index (Phi) is 7.85. The van der Waals surface area contributed by atoms with E-state index < -0.39 is 0 Å². The fourth-order valence-corrected chi connectivity index (χ4v) is 1.22. The largest absolute Gasteiger partial charge is 0.348 e. The van der Waals surface area contributed by atoms with Crippen molar-refractivity contribution in [1.29, 1.82) is 0 Å². The van der Waals surface area contributed by atoms with Crippen molar-refractivity contribution in [3.8, 4) is 0 Å². The zero-order chi connectivity index (χ0) is 11.7. The summed E-state index contributed by atoms with van der Waals surface area (Å²) >= 11 is 0. The quantitative estimate of drug-likeness (QED) is 0.467. The molecule has 0 heterocycles. The second kappa shape index (κ2) is 8.38. The van der Waals surface area contributed by atoms with E-state index in [0.717, 1.165) is 19.4 Å². The van der Waals surface area contributed by atoms with Crippen molar-refractivity contribution in [2.24, 2.45) is 0 Å². The molecule has 15 heavy (non-hydrogen) atoms. The molecule has 0 aliphatic heterocycles. The predicted octanol–water partition coefficient (Wildman–Crippen LogP) is -0.721. The lowest BCUT2D eigenvalue weighted by molar-refractivity contribution is -0.126. The summed E-state index contributed by atoms with van der Waals surface area (Å²) in [5, 5.41) is 8.54. The molecule has 0 saturated carbocycles. The lowest BCUT2D eigenvalue weighted by Crippen LogP contribution is -2.44. The maximum atomic E-state index is 11.5. The van der Waals surface area contributed by atoms with E-state index in [0.29, 0.717) is 0 Å². The van der Waals surface area contributed by atoms with Gasteiger partial charge in [0.25, 0.3) is 0 Å². The van der Waals surface area contributed by atoms with E-state index in [4.69, 9.17) is 0 Å². The van der Waals surface area contributed by atoms with Crippen LogP contribution in [0.1, 0.15) is 19.8 Å². The first-order chi connectivity index (χ1) is 7.11. The van der Waals surface area contributed by atoms with Crippen LogP contribution in [-0.4, -0.2) is 44.9 Å². The lowest BCUT2D eigenvalue weighted by Gasteiger charge is -2.15. The Bertz CT molecular complexity index is 207. The topological polar surface area (TPSA) is 70.2 Å². The summed E-state index contributed by atoms with van der Waals surface area (Å²) in [4.78, 5) is 22.2. The highest BCUT2D eigenvalue weighted by molar-refractivity contribution is 5.87. The van der Waals surface area contributed by atoms with Gasteiger partial charge in [0.1, 0.15) is 5.78 Å². The van der Waals surface area contributed by atoms with Crippen LogP contribution in [0.4, 0.5) is 0 Å². The number of Topliss-reactive ketones (excluding diaryl/α,β-unsaturated/α-hetero) is 1. The molecular weight excluding hydrogens is 194 g/mol. The van der Waals surface area contributed by atoms with Crippen molar-refractivity contribution in [2.45, 2.75) is 25.8 Å². The SMILES string of the molecule is CNCCCC(NC)C(=O)NCC(C)=O. The average Bonchev–Trinajstić information content (AvgIpc) is 2.21. The van der Waals surface area contributed by atoms with Crippen molar-refractivity contribution in [1.82, 2.24) is 16.0 Å². The van der Waals surface area contributed by atoms with Gasteiger partial charge >= 0.3 is 0 Å². The van der Waals surface area contributed by atoms with Crippen LogP contribution in [0, 0.1) is 0 Å². The zero-order valence-electron chi connectivity index (χ0n) is 9.72. The number of rotatable bonds is 8. The normalized spacial score (nSPS) is 12.2. The third-order valence-corrected chi connectivity index (χ3v) is 2.10. The van der Waals surface area contributed by atoms with E-state index in [1.165, 1.54) is 6.92 Å².